The van der Waals surface area contributed by atoms with Crippen LogP contribution >= 0.6 is 15.9 Å². The Balaban J connectivity index is 2.21. The van der Waals surface area contributed by atoms with E-state index in [1.54, 1.807) is 36.7 Å². The van der Waals surface area contributed by atoms with Crippen molar-refractivity contribution in [1.82, 2.24) is 4.98 Å². The monoisotopic (exact) mass is 329 g/mol. The molecule has 4 heteroatoms. The van der Waals surface area contributed by atoms with E-state index in [0.29, 0.717) is 11.1 Å². The Morgan fingerprint density at radius 1 is 1.05 bits per heavy atom. The molecule has 0 saturated heterocycles. The zero-order chi connectivity index (χ0) is 14.1. The first-order valence-electron chi connectivity index (χ1n) is 6.00. The van der Waals surface area contributed by atoms with Gasteiger partial charge in [0.25, 0.3) is 0 Å². The van der Waals surface area contributed by atoms with Crippen LogP contribution in [0.3, 0.4) is 0 Å². The van der Waals surface area contributed by atoms with Crippen molar-refractivity contribution in [1.29, 1.82) is 0 Å². The van der Waals surface area contributed by atoms with E-state index in [2.05, 4.69) is 20.9 Å². The zero-order valence-electron chi connectivity index (χ0n) is 10.3. The summed E-state index contributed by atoms with van der Waals surface area (Å²) >= 11 is 3.13. The minimum atomic E-state index is -0.447. The summed E-state index contributed by atoms with van der Waals surface area (Å²) in [6, 6.07) is 11.7. The first-order valence-corrected chi connectivity index (χ1v) is 6.79. The molecule has 98 valence electrons. The fraction of sp³-hybridized carbons (Fsp3) is 0. The number of fused-ring (bicyclic) bond motifs is 1. The van der Waals surface area contributed by atoms with Crippen LogP contribution in [0, 0.1) is 5.82 Å². The third-order valence-electron chi connectivity index (χ3n) is 3.12. The average molecular weight is 330 g/mol. The summed E-state index contributed by atoms with van der Waals surface area (Å²) in [5, 5.41) is 1.69. The number of ketones is 1. The zero-order valence-corrected chi connectivity index (χ0v) is 11.9. The molecule has 0 bridgehead atoms. The lowest BCUT2D eigenvalue weighted by molar-refractivity contribution is 0.103. The van der Waals surface area contributed by atoms with Crippen molar-refractivity contribution >= 4 is 32.5 Å². The Hall–Kier alpha value is -2.07. The largest absolute Gasteiger partial charge is 0.289 e. The van der Waals surface area contributed by atoms with Crippen molar-refractivity contribution in [3.8, 4) is 0 Å². The van der Waals surface area contributed by atoms with E-state index in [0.717, 1.165) is 10.8 Å². The predicted molar refractivity (Wildman–Crippen MR) is 79.3 cm³/mol. The number of halogens is 2. The molecule has 0 spiro atoms. The van der Waals surface area contributed by atoms with Crippen molar-refractivity contribution in [2.45, 2.75) is 0 Å². The average Bonchev–Trinajstić information content (AvgIpc) is 2.49. The van der Waals surface area contributed by atoms with Crippen LogP contribution in [0.4, 0.5) is 4.39 Å². The third kappa shape index (κ3) is 2.12. The van der Waals surface area contributed by atoms with E-state index in [1.807, 2.05) is 6.07 Å². The molecule has 20 heavy (non-hydrogen) atoms. The number of nitrogens with zero attached hydrogens (tertiary/aromatic N) is 1. The molecule has 2 nitrogen and oxygen atoms in total. The molecule has 0 aliphatic heterocycles. The maximum atomic E-state index is 13.6. The molecule has 0 saturated carbocycles. The number of hydrogen-bond donors (Lipinski definition) is 0. The second-order valence-electron chi connectivity index (χ2n) is 4.33. The molecule has 0 N–H and O–H groups in total. The lowest BCUT2D eigenvalue weighted by Gasteiger charge is -2.07. The molecule has 0 radical (unpaired) electrons. The van der Waals surface area contributed by atoms with Crippen LogP contribution in [0.1, 0.15) is 15.9 Å². The van der Waals surface area contributed by atoms with Crippen molar-refractivity contribution in [2.24, 2.45) is 0 Å². The number of hydrogen-bond acceptors (Lipinski definition) is 2. The SMILES string of the molecule is O=C(c1cccc(F)c1Br)c1cccc2cnccc12. The first kappa shape index (κ1) is 12.9. The highest BCUT2D eigenvalue weighted by molar-refractivity contribution is 9.10. The molecule has 2 aromatic carbocycles. The van der Waals surface area contributed by atoms with E-state index in [4.69, 9.17) is 0 Å². The molecule has 0 unspecified atom stereocenters. The topological polar surface area (TPSA) is 30.0 Å². The van der Waals surface area contributed by atoms with Crippen LogP contribution in [-0.2, 0) is 0 Å². The number of pyridine rings is 1. The number of benzene rings is 2. The van der Waals surface area contributed by atoms with Gasteiger partial charge < -0.3 is 0 Å². The van der Waals surface area contributed by atoms with Gasteiger partial charge in [-0.15, -0.1) is 0 Å². The van der Waals surface area contributed by atoms with Gasteiger partial charge in [0.15, 0.2) is 5.78 Å². The molecule has 3 aromatic rings. The van der Waals surface area contributed by atoms with Crippen molar-refractivity contribution in [2.75, 3.05) is 0 Å². The standard InChI is InChI=1S/C16H9BrFNO/c17-15-13(5-2-6-14(15)18)16(20)12-4-1-3-10-9-19-8-7-11(10)12/h1-9H. The quantitative estimate of drug-likeness (QED) is 0.653. The van der Waals surface area contributed by atoms with E-state index in [9.17, 15) is 9.18 Å². The van der Waals surface area contributed by atoms with E-state index < -0.39 is 5.82 Å². The minimum absolute atomic E-state index is 0.191. The number of rotatable bonds is 2. The van der Waals surface area contributed by atoms with Crippen LogP contribution in [0.15, 0.2) is 59.3 Å². The van der Waals surface area contributed by atoms with E-state index in [1.165, 1.54) is 12.1 Å². The van der Waals surface area contributed by atoms with Crippen LogP contribution in [0.25, 0.3) is 10.8 Å². The predicted octanol–water partition coefficient (Wildman–Crippen LogP) is 4.37. The smallest absolute Gasteiger partial charge is 0.194 e. The number of aromatic nitrogens is 1. The van der Waals surface area contributed by atoms with Crippen molar-refractivity contribution in [3.05, 3.63) is 76.3 Å². The highest BCUT2D eigenvalue weighted by atomic mass is 79.9. The Morgan fingerprint density at radius 2 is 1.80 bits per heavy atom. The summed E-state index contributed by atoms with van der Waals surface area (Å²) in [4.78, 5) is 16.7. The summed E-state index contributed by atoms with van der Waals surface area (Å²) in [6.45, 7) is 0. The van der Waals surface area contributed by atoms with Gasteiger partial charge in [-0.2, -0.15) is 0 Å². The van der Waals surface area contributed by atoms with Crippen molar-refractivity contribution in [3.63, 3.8) is 0 Å². The summed E-state index contributed by atoms with van der Waals surface area (Å²) in [6.07, 6.45) is 3.34. The molecule has 3 rings (SSSR count). The molecule has 1 heterocycles. The van der Waals surface area contributed by atoms with E-state index in [-0.39, 0.29) is 10.3 Å². The second-order valence-corrected chi connectivity index (χ2v) is 5.13. The van der Waals surface area contributed by atoms with E-state index >= 15 is 0 Å². The number of carbonyl (C=O) groups is 1. The van der Waals surface area contributed by atoms with Crippen LogP contribution in [-0.4, -0.2) is 10.8 Å². The Morgan fingerprint density at radius 3 is 2.65 bits per heavy atom. The summed E-state index contributed by atoms with van der Waals surface area (Å²) in [5.74, 6) is -0.661. The summed E-state index contributed by atoms with van der Waals surface area (Å²) in [7, 11) is 0. The second kappa shape index (κ2) is 5.13. The minimum Gasteiger partial charge on any atom is -0.289 e. The van der Waals surface area contributed by atoms with Gasteiger partial charge in [0.05, 0.1) is 4.47 Å². The lowest BCUT2D eigenvalue weighted by Crippen LogP contribution is -2.04. The van der Waals surface area contributed by atoms with Gasteiger partial charge in [0.1, 0.15) is 5.82 Å². The Bertz CT molecular complexity index is 811. The first-order chi connectivity index (χ1) is 9.68. The van der Waals surface area contributed by atoms with Crippen LogP contribution in [0.2, 0.25) is 0 Å². The maximum absolute atomic E-state index is 13.6. The normalized spacial score (nSPS) is 10.7. The number of carbonyl (C=O) groups excluding carboxylic acids is 1. The van der Waals surface area contributed by atoms with Gasteiger partial charge >= 0.3 is 0 Å². The van der Waals surface area contributed by atoms with Gasteiger partial charge in [-0.25, -0.2) is 4.39 Å². The fourth-order valence-electron chi connectivity index (χ4n) is 2.14. The fourth-order valence-corrected chi connectivity index (χ4v) is 2.59. The van der Waals surface area contributed by atoms with Crippen LogP contribution < -0.4 is 0 Å². The molecule has 0 atom stereocenters. The Labute approximate surface area is 123 Å². The van der Waals surface area contributed by atoms with Gasteiger partial charge in [-0.3, -0.25) is 9.78 Å². The highest BCUT2D eigenvalue weighted by Gasteiger charge is 2.16. The molecule has 1 aromatic heterocycles. The molecular weight excluding hydrogens is 321 g/mol. The molecular formula is C16H9BrFNO. The Kier molecular flexibility index (Phi) is 3.32. The van der Waals surface area contributed by atoms with Gasteiger partial charge in [-0.05, 0) is 39.5 Å². The van der Waals surface area contributed by atoms with Gasteiger partial charge in [0.2, 0.25) is 0 Å². The molecule has 0 aliphatic carbocycles. The van der Waals surface area contributed by atoms with Crippen molar-refractivity contribution < 1.29 is 9.18 Å². The summed E-state index contributed by atoms with van der Waals surface area (Å²) in [5.41, 5.74) is 0.852. The molecule has 0 aliphatic rings. The van der Waals surface area contributed by atoms with Gasteiger partial charge in [0, 0.05) is 28.9 Å². The van der Waals surface area contributed by atoms with Gasteiger partial charge in [-0.1, -0.05) is 24.3 Å². The third-order valence-corrected chi connectivity index (χ3v) is 3.93. The van der Waals surface area contributed by atoms with Crippen LogP contribution in [0.5, 0.6) is 0 Å². The molecule has 0 fully saturated rings. The highest BCUT2D eigenvalue weighted by Crippen LogP contribution is 2.26. The summed E-state index contributed by atoms with van der Waals surface area (Å²) < 4.78 is 13.8. The maximum Gasteiger partial charge on any atom is 0.194 e. The lowest BCUT2D eigenvalue weighted by atomic mass is 9.98. The molecule has 0 amide bonds.